The van der Waals surface area contributed by atoms with Gasteiger partial charge in [-0.2, -0.15) is 10.2 Å². The molecule has 0 saturated carbocycles. The Labute approximate surface area is 175 Å². The molecule has 11 heteroatoms. The SMILES string of the molecule is COc1cccn2nc([C@@H]3c4nc[nH]c4CCN3C(=O)c3cc(C(F)F)nn3C)cc12. The van der Waals surface area contributed by atoms with Crippen molar-refractivity contribution < 1.29 is 18.3 Å². The number of hydrogen-bond acceptors (Lipinski definition) is 5. The minimum Gasteiger partial charge on any atom is -0.494 e. The van der Waals surface area contributed by atoms with Crippen LogP contribution in [0.5, 0.6) is 5.75 Å². The van der Waals surface area contributed by atoms with E-state index in [-0.39, 0.29) is 5.69 Å². The van der Waals surface area contributed by atoms with Gasteiger partial charge in [-0.05, 0) is 24.3 Å². The predicted molar refractivity (Wildman–Crippen MR) is 105 cm³/mol. The number of nitrogens with one attached hydrogen (secondary N) is 1. The molecule has 0 fully saturated rings. The Morgan fingerprint density at radius 2 is 2.16 bits per heavy atom. The van der Waals surface area contributed by atoms with Gasteiger partial charge in [-0.15, -0.1) is 0 Å². The van der Waals surface area contributed by atoms with Crippen LogP contribution in [0, 0.1) is 0 Å². The van der Waals surface area contributed by atoms with E-state index in [0.29, 0.717) is 30.1 Å². The highest BCUT2D eigenvalue weighted by Crippen LogP contribution is 2.35. The zero-order valence-corrected chi connectivity index (χ0v) is 16.8. The lowest BCUT2D eigenvalue weighted by molar-refractivity contribution is 0.0675. The number of carbonyl (C=O) groups excluding carboxylic acids is 1. The van der Waals surface area contributed by atoms with Gasteiger partial charge in [0.1, 0.15) is 28.7 Å². The van der Waals surface area contributed by atoms with Crippen molar-refractivity contribution in [2.24, 2.45) is 7.05 Å². The first-order valence-electron chi connectivity index (χ1n) is 9.65. The summed E-state index contributed by atoms with van der Waals surface area (Å²) in [6.07, 6.45) is 1.18. The lowest BCUT2D eigenvalue weighted by Gasteiger charge is -2.33. The van der Waals surface area contributed by atoms with Crippen LogP contribution in [0.3, 0.4) is 0 Å². The lowest BCUT2D eigenvalue weighted by atomic mass is 9.99. The summed E-state index contributed by atoms with van der Waals surface area (Å²) in [5, 5.41) is 8.43. The van der Waals surface area contributed by atoms with Crippen molar-refractivity contribution in [3.05, 3.63) is 65.3 Å². The molecule has 0 spiro atoms. The number of fused-ring (bicyclic) bond motifs is 2. The van der Waals surface area contributed by atoms with Crippen molar-refractivity contribution in [1.29, 1.82) is 0 Å². The van der Waals surface area contributed by atoms with E-state index in [2.05, 4.69) is 20.2 Å². The lowest BCUT2D eigenvalue weighted by Crippen LogP contribution is -2.41. The van der Waals surface area contributed by atoms with E-state index in [0.717, 1.165) is 17.3 Å². The molecular formula is C20H19F2N7O2. The van der Waals surface area contributed by atoms with Crippen LogP contribution in [-0.2, 0) is 13.5 Å². The van der Waals surface area contributed by atoms with Gasteiger partial charge >= 0.3 is 0 Å². The van der Waals surface area contributed by atoms with Crippen LogP contribution in [0.4, 0.5) is 8.78 Å². The highest BCUT2D eigenvalue weighted by Gasteiger charge is 2.37. The molecule has 160 valence electrons. The Hall–Kier alpha value is -3.76. The third-order valence-corrected chi connectivity index (χ3v) is 5.51. The van der Waals surface area contributed by atoms with Gasteiger partial charge in [-0.25, -0.2) is 18.3 Å². The molecule has 1 N–H and O–H groups in total. The Kier molecular flexibility index (Phi) is 4.45. The molecule has 1 aliphatic rings. The van der Waals surface area contributed by atoms with Gasteiger partial charge in [0, 0.05) is 31.9 Å². The normalized spacial score (nSPS) is 16.2. The van der Waals surface area contributed by atoms with Crippen molar-refractivity contribution in [1.82, 2.24) is 34.3 Å². The number of hydrogen-bond donors (Lipinski definition) is 1. The number of pyridine rings is 1. The average Bonchev–Trinajstić information content (AvgIpc) is 3.49. The van der Waals surface area contributed by atoms with Crippen LogP contribution in [0.2, 0.25) is 0 Å². The van der Waals surface area contributed by atoms with Crippen LogP contribution < -0.4 is 4.74 Å². The summed E-state index contributed by atoms with van der Waals surface area (Å²) in [5.74, 6) is 0.231. The van der Waals surface area contributed by atoms with E-state index in [1.165, 1.54) is 11.7 Å². The zero-order valence-electron chi connectivity index (χ0n) is 16.8. The van der Waals surface area contributed by atoms with Gasteiger partial charge in [-0.1, -0.05) is 0 Å². The standard InChI is InChI=1S/C20H19F2N7O2/c1-27-15(9-13(25-27)19(21)22)20(30)28-7-5-11-17(24-10-23-11)18(28)12-8-14-16(31-2)4-3-6-29(14)26-12/h3-4,6,8-10,18-19H,5,7H2,1-2H3,(H,23,24)/t18-/m1/s1. The van der Waals surface area contributed by atoms with Gasteiger partial charge in [0.2, 0.25) is 0 Å². The van der Waals surface area contributed by atoms with Crippen LogP contribution in [-0.4, -0.2) is 53.8 Å². The first-order valence-corrected chi connectivity index (χ1v) is 9.65. The number of aryl methyl sites for hydroxylation is 1. The summed E-state index contributed by atoms with van der Waals surface area (Å²) in [6.45, 7) is 0.374. The summed E-state index contributed by atoms with van der Waals surface area (Å²) in [7, 11) is 3.06. The minimum absolute atomic E-state index is 0.0839. The molecule has 1 aliphatic heterocycles. The zero-order chi connectivity index (χ0) is 21.7. The number of aromatic nitrogens is 6. The largest absolute Gasteiger partial charge is 0.494 e. The fourth-order valence-electron chi connectivity index (χ4n) is 4.05. The predicted octanol–water partition coefficient (Wildman–Crippen LogP) is 2.53. The number of aromatic amines is 1. The molecule has 4 aromatic rings. The molecule has 9 nitrogen and oxygen atoms in total. The number of ether oxygens (including phenoxy) is 1. The van der Waals surface area contributed by atoms with Crippen molar-refractivity contribution in [3.8, 4) is 5.75 Å². The number of H-pyrrole nitrogens is 1. The van der Waals surface area contributed by atoms with E-state index < -0.39 is 24.1 Å². The molecule has 0 aliphatic carbocycles. The first kappa shape index (κ1) is 19.2. The van der Waals surface area contributed by atoms with Gasteiger partial charge < -0.3 is 14.6 Å². The fraction of sp³-hybridized carbons (Fsp3) is 0.300. The number of alkyl halides is 2. The molecule has 5 rings (SSSR count). The van der Waals surface area contributed by atoms with E-state index >= 15 is 0 Å². The molecule has 5 heterocycles. The van der Waals surface area contributed by atoms with Crippen molar-refractivity contribution in [3.63, 3.8) is 0 Å². The Morgan fingerprint density at radius 3 is 2.90 bits per heavy atom. The maximum Gasteiger partial charge on any atom is 0.282 e. The van der Waals surface area contributed by atoms with Crippen molar-refractivity contribution in [2.75, 3.05) is 13.7 Å². The van der Waals surface area contributed by atoms with Gasteiger partial charge in [0.15, 0.2) is 0 Å². The van der Waals surface area contributed by atoms with E-state index in [4.69, 9.17) is 4.74 Å². The van der Waals surface area contributed by atoms with E-state index in [9.17, 15) is 13.6 Å². The molecule has 0 bridgehead atoms. The molecule has 0 aromatic carbocycles. The summed E-state index contributed by atoms with van der Waals surface area (Å²) < 4.78 is 34.5. The fourth-order valence-corrected chi connectivity index (χ4v) is 4.05. The number of halogens is 2. The quantitative estimate of drug-likeness (QED) is 0.540. The minimum atomic E-state index is -2.76. The number of nitrogens with zero attached hydrogens (tertiary/aromatic N) is 6. The second kappa shape index (κ2) is 7.18. The van der Waals surface area contributed by atoms with Gasteiger partial charge in [0.05, 0.1) is 24.8 Å². The van der Waals surface area contributed by atoms with Crippen molar-refractivity contribution >= 4 is 11.4 Å². The molecule has 0 saturated heterocycles. The maximum atomic E-state index is 13.4. The monoisotopic (exact) mass is 427 g/mol. The average molecular weight is 427 g/mol. The van der Waals surface area contributed by atoms with E-state index in [1.807, 2.05) is 18.2 Å². The Morgan fingerprint density at radius 1 is 1.32 bits per heavy atom. The number of imidazole rings is 1. The Bertz CT molecular complexity index is 1280. The summed E-state index contributed by atoms with van der Waals surface area (Å²) in [5.41, 5.74) is 2.59. The Balaban J connectivity index is 1.62. The van der Waals surface area contributed by atoms with Crippen LogP contribution in [0.25, 0.3) is 5.52 Å². The van der Waals surface area contributed by atoms with Gasteiger partial charge in [-0.3, -0.25) is 9.48 Å². The molecule has 1 amide bonds. The molecule has 1 atom stereocenters. The highest BCUT2D eigenvalue weighted by molar-refractivity contribution is 5.93. The summed E-state index contributed by atoms with van der Waals surface area (Å²) in [4.78, 5) is 22.6. The molecule has 31 heavy (non-hydrogen) atoms. The second-order valence-corrected chi connectivity index (χ2v) is 7.27. The number of methoxy groups -OCH3 is 1. The maximum absolute atomic E-state index is 13.4. The third-order valence-electron chi connectivity index (χ3n) is 5.51. The number of rotatable bonds is 4. The molecule has 0 radical (unpaired) electrons. The molecule has 4 aromatic heterocycles. The van der Waals surface area contributed by atoms with Crippen LogP contribution in [0.15, 0.2) is 36.8 Å². The summed E-state index contributed by atoms with van der Waals surface area (Å²) >= 11 is 0. The second-order valence-electron chi connectivity index (χ2n) is 7.27. The van der Waals surface area contributed by atoms with Crippen LogP contribution >= 0.6 is 0 Å². The molecular weight excluding hydrogens is 408 g/mol. The highest BCUT2D eigenvalue weighted by atomic mass is 19.3. The van der Waals surface area contributed by atoms with Gasteiger partial charge in [0.25, 0.3) is 12.3 Å². The van der Waals surface area contributed by atoms with Crippen LogP contribution in [0.1, 0.15) is 45.7 Å². The third kappa shape index (κ3) is 3.04. The topological polar surface area (TPSA) is 93.3 Å². The molecule has 0 unspecified atom stereocenters. The first-order chi connectivity index (χ1) is 15.0. The summed E-state index contributed by atoms with van der Waals surface area (Å²) in [6, 6.07) is 6.04. The number of carbonyl (C=O) groups is 1. The van der Waals surface area contributed by atoms with Crippen molar-refractivity contribution in [2.45, 2.75) is 18.9 Å². The van der Waals surface area contributed by atoms with E-state index in [1.54, 1.807) is 29.0 Å². The smallest absolute Gasteiger partial charge is 0.282 e. The number of amides is 1.